The largest absolute Gasteiger partial charge is 0.488 e. The number of rotatable bonds is 6. The average Bonchev–Trinajstić information content (AvgIpc) is 2.80. The van der Waals surface area contributed by atoms with Gasteiger partial charge in [0.05, 0.1) is 16.3 Å². The standard InChI is InChI=1S/C25H18Cl2N2O2/c26-22-13-12-18(14-23(22)27)25(30)29-28-15-19-7-2-4-11-24(19)31-16-20-9-5-8-17-6-1-3-10-21(17)20/h1-15H,16H2,(H,29,30). The van der Waals surface area contributed by atoms with Crippen LogP contribution in [0.15, 0.2) is 90.0 Å². The van der Waals surface area contributed by atoms with Crippen molar-refractivity contribution in [1.82, 2.24) is 5.43 Å². The van der Waals surface area contributed by atoms with Gasteiger partial charge in [0, 0.05) is 11.1 Å². The van der Waals surface area contributed by atoms with Crippen LogP contribution in [-0.4, -0.2) is 12.1 Å². The maximum Gasteiger partial charge on any atom is 0.271 e. The van der Waals surface area contributed by atoms with E-state index in [9.17, 15) is 4.79 Å². The number of benzene rings is 4. The van der Waals surface area contributed by atoms with Gasteiger partial charge in [0.25, 0.3) is 5.91 Å². The molecule has 0 spiro atoms. The van der Waals surface area contributed by atoms with Gasteiger partial charge >= 0.3 is 0 Å². The van der Waals surface area contributed by atoms with Crippen molar-refractivity contribution in [2.75, 3.05) is 0 Å². The quantitative estimate of drug-likeness (QED) is 0.270. The van der Waals surface area contributed by atoms with Crippen LogP contribution >= 0.6 is 23.2 Å². The fraction of sp³-hybridized carbons (Fsp3) is 0.0400. The summed E-state index contributed by atoms with van der Waals surface area (Å²) in [5, 5.41) is 7.08. The molecular formula is C25H18Cl2N2O2. The van der Waals surface area contributed by atoms with Gasteiger partial charge < -0.3 is 4.74 Å². The molecule has 0 aliphatic carbocycles. The third-order valence-corrected chi connectivity index (χ3v) is 5.47. The number of para-hydroxylation sites is 1. The lowest BCUT2D eigenvalue weighted by atomic mass is 10.1. The third kappa shape index (κ3) is 5.05. The van der Waals surface area contributed by atoms with Gasteiger partial charge in [0.2, 0.25) is 0 Å². The molecular weight excluding hydrogens is 431 g/mol. The van der Waals surface area contributed by atoms with Crippen LogP contribution in [-0.2, 0) is 6.61 Å². The topological polar surface area (TPSA) is 50.7 Å². The van der Waals surface area contributed by atoms with Gasteiger partial charge in [-0.25, -0.2) is 5.43 Å². The number of hydrogen-bond donors (Lipinski definition) is 1. The zero-order valence-corrected chi connectivity index (χ0v) is 17.9. The molecule has 154 valence electrons. The SMILES string of the molecule is O=C(NN=Cc1ccccc1OCc1cccc2ccccc12)c1ccc(Cl)c(Cl)c1. The Hall–Kier alpha value is -3.34. The van der Waals surface area contributed by atoms with Gasteiger partial charge in [-0.3, -0.25) is 4.79 Å². The molecule has 1 amide bonds. The predicted octanol–water partition coefficient (Wildman–Crippen LogP) is 6.49. The van der Waals surface area contributed by atoms with Crippen molar-refractivity contribution < 1.29 is 9.53 Å². The number of halogens is 2. The van der Waals surface area contributed by atoms with Crippen LogP contribution in [0.5, 0.6) is 5.75 Å². The van der Waals surface area contributed by atoms with Crippen molar-refractivity contribution >= 4 is 46.1 Å². The van der Waals surface area contributed by atoms with E-state index in [-0.39, 0.29) is 5.91 Å². The highest BCUT2D eigenvalue weighted by Gasteiger charge is 2.08. The fourth-order valence-electron chi connectivity index (χ4n) is 3.15. The summed E-state index contributed by atoms with van der Waals surface area (Å²) in [6.45, 7) is 0.418. The van der Waals surface area contributed by atoms with Crippen LogP contribution in [0.4, 0.5) is 0 Å². The highest BCUT2D eigenvalue weighted by molar-refractivity contribution is 6.42. The fourth-order valence-corrected chi connectivity index (χ4v) is 3.45. The first-order valence-electron chi connectivity index (χ1n) is 9.59. The molecule has 1 N–H and O–H groups in total. The number of fused-ring (bicyclic) bond motifs is 1. The molecule has 0 aromatic heterocycles. The molecule has 6 heteroatoms. The molecule has 0 fully saturated rings. The highest BCUT2D eigenvalue weighted by Crippen LogP contribution is 2.23. The first kappa shape index (κ1) is 20.9. The molecule has 4 aromatic carbocycles. The summed E-state index contributed by atoms with van der Waals surface area (Å²) in [7, 11) is 0. The molecule has 0 aliphatic heterocycles. The Morgan fingerprint density at radius 3 is 2.55 bits per heavy atom. The lowest BCUT2D eigenvalue weighted by Gasteiger charge is -2.11. The molecule has 0 atom stereocenters. The predicted molar refractivity (Wildman–Crippen MR) is 126 cm³/mol. The lowest BCUT2D eigenvalue weighted by Crippen LogP contribution is -2.17. The molecule has 0 saturated carbocycles. The van der Waals surface area contributed by atoms with Gasteiger partial charge in [0.15, 0.2) is 0 Å². The zero-order valence-electron chi connectivity index (χ0n) is 16.4. The van der Waals surface area contributed by atoms with Gasteiger partial charge in [0.1, 0.15) is 12.4 Å². The molecule has 31 heavy (non-hydrogen) atoms. The molecule has 0 aliphatic rings. The molecule has 0 saturated heterocycles. The normalized spacial score (nSPS) is 11.0. The second-order valence-electron chi connectivity index (χ2n) is 6.79. The number of ether oxygens (including phenoxy) is 1. The first-order chi connectivity index (χ1) is 15.1. The number of carbonyl (C=O) groups excluding carboxylic acids is 1. The Morgan fingerprint density at radius 2 is 1.68 bits per heavy atom. The zero-order chi connectivity index (χ0) is 21.6. The highest BCUT2D eigenvalue weighted by atomic mass is 35.5. The second-order valence-corrected chi connectivity index (χ2v) is 7.61. The number of hydrogen-bond acceptors (Lipinski definition) is 3. The van der Waals surface area contributed by atoms with Crippen LogP contribution in [0.3, 0.4) is 0 Å². The summed E-state index contributed by atoms with van der Waals surface area (Å²) in [5.41, 5.74) is 4.70. The van der Waals surface area contributed by atoms with E-state index in [2.05, 4.69) is 34.8 Å². The molecule has 0 radical (unpaired) electrons. The van der Waals surface area contributed by atoms with Gasteiger partial charge in [-0.2, -0.15) is 5.10 Å². The van der Waals surface area contributed by atoms with Crippen LogP contribution in [0, 0.1) is 0 Å². The van der Waals surface area contributed by atoms with Crippen LogP contribution in [0.1, 0.15) is 21.5 Å². The number of amides is 1. The van der Waals surface area contributed by atoms with Gasteiger partial charge in [-0.15, -0.1) is 0 Å². The average molecular weight is 449 g/mol. The monoisotopic (exact) mass is 448 g/mol. The number of hydrazone groups is 1. The van der Waals surface area contributed by atoms with E-state index >= 15 is 0 Å². The van der Waals surface area contributed by atoms with Crippen molar-refractivity contribution in [3.63, 3.8) is 0 Å². The van der Waals surface area contributed by atoms with Gasteiger partial charge in [-0.1, -0.05) is 77.8 Å². The van der Waals surface area contributed by atoms with E-state index in [1.165, 1.54) is 11.5 Å². The lowest BCUT2D eigenvalue weighted by molar-refractivity contribution is 0.0955. The minimum Gasteiger partial charge on any atom is -0.488 e. The van der Waals surface area contributed by atoms with Crippen molar-refractivity contribution in [3.8, 4) is 5.75 Å². The smallest absolute Gasteiger partial charge is 0.271 e. The van der Waals surface area contributed by atoms with Crippen LogP contribution in [0.25, 0.3) is 10.8 Å². The maximum absolute atomic E-state index is 12.3. The summed E-state index contributed by atoms with van der Waals surface area (Å²) in [5.74, 6) is 0.284. The third-order valence-electron chi connectivity index (χ3n) is 4.73. The molecule has 4 aromatic rings. The summed E-state index contributed by atoms with van der Waals surface area (Å²) < 4.78 is 6.07. The van der Waals surface area contributed by atoms with E-state index in [0.717, 1.165) is 16.5 Å². The number of carbonyl (C=O) groups is 1. The molecule has 0 bridgehead atoms. The minimum atomic E-state index is -0.385. The summed E-state index contributed by atoms with van der Waals surface area (Å²) in [6.07, 6.45) is 1.55. The number of nitrogens with zero attached hydrogens (tertiary/aromatic N) is 1. The van der Waals surface area contributed by atoms with Crippen molar-refractivity contribution in [3.05, 3.63) is 112 Å². The molecule has 0 heterocycles. The van der Waals surface area contributed by atoms with E-state index in [0.29, 0.717) is 28.0 Å². The summed E-state index contributed by atoms with van der Waals surface area (Å²) in [6, 6.07) is 26.5. The Morgan fingerprint density at radius 1 is 0.903 bits per heavy atom. The second kappa shape index (κ2) is 9.65. The Bertz CT molecular complexity index is 1270. The molecule has 4 rings (SSSR count). The van der Waals surface area contributed by atoms with Crippen LogP contribution < -0.4 is 10.2 Å². The summed E-state index contributed by atoms with van der Waals surface area (Å²) >= 11 is 11.8. The minimum absolute atomic E-state index is 0.311. The van der Waals surface area contributed by atoms with Crippen molar-refractivity contribution in [1.29, 1.82) is 0 Å². The van der Waals surface area contributed by atoms with E-state index in [4.69, 9.17) is 27.9 Å². The first-order valence-corrected chi connectivity index (χ1v) is 10.3. The summed E-state index contributed by atoms with van der Waals surface area (Å²) in [4.78, 5) is 12.3. The maximum atomic E-state index is 12.3. The van der Waals surface area contributed by atoms with Crippen molar-refractivity contribution in [2.24, 2.45) is 5.10 Å². The molecule has 0 unspecified atom stereocenters. The van der Waals surface area contributed by atoms with Crippen molar-refractivity contribution in [2.45, 2.75) is 6.61 Å². The van der Waals surface area contributed by atoms with Crippen LogP contribution in [0.2, 0.25) is 10.0 Å². The van der Waals surface area contributed by atoms with E-state index in [1.807, 2.05) is 42.5 Å². The van der Waals surface area contributed by atoms with E-state index < -0.39 is 0 Å². The number of nitrogens with one attached hydrogen (secondary N) is 1. The Kier molecular flexibility index (Phi) is 6.51. The van der Waals surface area contributed by atoms with Gasteiger partial charge in [-0.05, 0) is 46.7 Å². The Labute approximate surface area is 190 Å². The Balaban J connectivity index is 1.45. The molecule has 4 nitrogen and oxygen atoms in total. The van der Waals surface area contributed by atoms with E-state index in [1.54, 1.807) is 18.3 Å².